The van der Waals surface area contributed by atoms with Crippen LogP contribution in [0.25, 0.3) is 0 Å². The molecule has 1 aromatic rings. The van der Waals surface area contributed by atoms with Gasteiger partial charge in [-0.1, -0.05) is 15.9 Å². The number of carboxylic acids is 1. The van der Waals surface area contributed by atoms with Crippen LogP contribution in [-0.2, 0) is 4.79 Å². The van der Waals surface area contributed by atoms with Crippen molar-refractivity contribution in [3.8, 4) is 0 Å². The number of hydrogen-bond acceptors (Lipinski definition) is 3. The van der Waals surface area contributed by atoms with Crippen LogP contribution in [0.4, 0.5) is 5.69 Å². The summed E-state index contributed by atoms with van der Waals surface area (Å²) >= 11 is 3.28. The van der Waals surface area contributed by atoms with Gasteiger partial charge in [-0.15, -0.1) is 0 Å². The maximum Gasteiger partial charge on any atom is 0.326 e. The molecule has 1 aromatic carbocycles. The van der Waals surface area contributed by atoms with Gasteiger partial charge in [0.15, 0.2) is 0 Å². The molecule has 102 valence electrons. The Hall–Kier alpha value is -1.56. The highest BCUT2D eigenvalue weighted by Crippen LogP contribution is 2.24. The molecule has 1 amide bonds. The predicted molar refractivity (Wildman–Crippen MR) is 74.9 cm³/mol. The van der Waals surface area contributed by atoms with Crippen molar-refractivity contribution in [3.05, 3.63) is 28.2 Å². The number of halogens is 1. The number of likely N-dealkylation sites (tertiary alicyclic amines) is 1. The lowest BCUT2D eigenvalue weighted by Gasteiger charge is -2.33. The van der Waals surface area contributed by atoms with E-state index in [0.29, 0.717) is 24.2 Å². The van der Waals surface area contributed by atoms with Gasteiger partial charge >= 0.3 is 5.97 Å². The van der Waals surface area contributed by atoms with E-state index >= 15 is 0 Å². The molecule has 1 unspecified atom stereocenters. The van der Waals surface area contributed by atoms with Gasteiger partial charge in [0, 0.05) is 16.7 Å². The molecule has 0 aliphatic carbocycles. The minimum Gasteiger partial charge on any atom is -0.480 e. The first-order valence-corrected chi connectivity index (χ1v) is 6.89. The molecule has 5 nitrogen and oxygen atoms in total. The van der Waals surface area contributed by atoms with Crippen LogP contribution in [0, 0.1) is 0 Å². The summed E-state index contributed by atoms with van der Waals surface area (Å²) in [5.74, 6) is -1.26. The summed E-state index contributed by atoms with van der Waals surface area (Å²) in [6.07, 6.45) is 2.15. The first-order chi connectivity index (χ1) is 9.00. The van der Waals surface area contributed by atoms with Crippen LogP contribution in [0.2, 0.25) is 0 Å². The second-order valence-electron chi connectivity index (χ2n) is 4.58. The number of hydrogen-bond donors (Lipinski definition) is 2. The minimum atomic E-state index is -0.955. The van der Waals surface area contributed by atoms with Crippen molar-refractivity contribution < 1.29 is 14.7 Å². The van der Waals surface area contributed by atoms with Crippen molar-refractivity contribution in [2.45, 2.75) is 25.3 Å². The first kappa shape index (κ1) is 13.9. The van der Waals surface area contributed by atoms with Gasteiger partial charge in [0.25, 0.3) is 5.91 Å². The molecular formula is C13H15BrN2O3. The smallest absolute Gasteiger partial charge is 0.326 e. The molecule has 0 bridgehead atoms. The average molecular weight is 327 g/mol. The zero-order chi connectivity index (χ0) is 14.0. The molecule has 1 fully saturated rings. The topological polar surface area (TPSA) is 83.6 Å². The summed E-state index contributed by atoms with van der Waals surface area (Å²) in [6, 6.07) is 4.25. The van der Waals surface area contributed by atoms with E-state index in [1.54, 1.807) is 18.2 Å². The molecule has 0 aromatic heterocycles. The lowest BCUT2D eigenvalue weighted by atomic mass is 10.0. The van der Waals surface area contributed by atoms with Crippen LogP contribution in [0.3, 0.4) is 0 Å². The van der Waals surface area contributed by atoms with Crippen molar-refractivity contribution >= 4 is 33.5 Å². The van der Waals surface area contributed by atoms with E-state index < -0.39 is 12.0 Å². The van der Waals surface area contributed by atoms with Gasteiger partial charge < -0.3 is 15.7 Å². The quantitative estimate of drug-likeness (QED) is 0.815. The predicted octanol–water partition coefficient (Wildman–Crippen LogP) is 2.11. The molecule has 1 heterocycles. The Morgan fingerprint density at radius 1 is 1.37 bits per heavy atom. The van der Waals surface area contributed by atoms with Crippen molar-refractivity contribution in [2.75, 3.05) is 12.3 Å². The van der Waals surface area contributed by atoms with E-state index in [9.17, 15) is 14.7 Å². The van der Waals surface area contributed by atoms with Crippen LogP contribution in [0.5, 0.6) is 0 Å². The summed E-state index contributed by atoms with van der Waals surface area (Å²) in [6.45, 7) is 0.464. The highest BCUT2D eigenvalue weighted by molar-refractivity contribution is 9.10. The number of piperidine rings is 1. The fourth-order valence-electron chi connectivity index (χ4n) is 2.31. The number of nitrogens with two attached hydrogens (primary N) is 1. The third kappa shape index (κ3) is 2.89. The first-order valence-electron chi connectivity index (χ1n) is 6.09. The maximum absolute atomic E-state index is 12.4. The average Bonchev–Trinajstić information content (AvgIpc) is 2.38. The third-order valence-corrected chi connectivity index (χ3v) is 3.79. The summed E-state index contributed by atoms with van der Waals surface area (Å²) in [7, 11) is 0. The molecule has 0 saturated carbocycles. The van der Waals surface area contributed by atoms with Crippen molar-refractivity contribution in [1.29, 1.82) is 0 Å². The number of carbonyl (C=O) groups excluding carboxylic acids is 1. The lowest BCUT2D eigenvalue weighted by Crippen LogP contribution is -2.48. The lowest BCUT2D eigenvalue weighted by molar-refractivity contribution is -0.143. The molecule has 3 N–H and O–H groups in total. The molecule has 0 radical (unpaired) electrons. The Morgan fingerprint density at radius 2 is 2.11 bits per heavy atom. The standard InChI is InChI=1S/C13H15BrN2O3/c14-8-4-5-9(10(15)7-8)12(17)16-6-2-1-3-11(16)13(18)19/h4-5,7,11H,1-3,6,15H2,(H,18,19). The normalized spacial score (nSPS) is 19.2. The zero-order valence-corrected chi connectivity index (χ0v) is 11.9. The van der Waals surface area contributed by atoms with E-state index in [1.807, 2.05) is 0 Å². The van der Waals surface area contributed by atoms with Crippen molar-refractivity contribution in [2.24, 2.45) is 0 Å². The largest absolute Gasteiger partial charge is 0.480 e. The molecule has 6 heteroatoms. The zero-order valence-electron chi connectivity index (χ0n) is 10.3. The highest BCUT2D eigenvalue weighted by atomic mass is 79.9. The minimum absolute atomic E-state index is 0.308. The number of carboxylic acid groups (broad SMARTS) is 1. The fourth-order valence-corrected chi connectivity index (χ4v) is 2.69. The molecule has 1 saturated heterocycles. The second kappa shape index (κ2) is 5.61. The number of aliphatic carboxylic acids is 1. The van der Waals surface area contributed by atoms with Crippen LogP contribution in [-0.4, -0.2) is 34.5 Å². The molecular weight excluding hydrogens is 312 g/mol. The Morgan fingerprint density at radius 3 is 2.74 bits per heavy atom. The van der Waals surface area contributed by atoms with Gasteiger partial charge in [0.2, 0.25) is 0 Å². The van der Waals surface area contributed by atoms with Crippen LogP contribution >= 0.6 is 15.9 Å². The molecule has 0 spiro atoms. The van der Waals surface area contributed by atoms with Crippen molar-refractivity contribution in [3.63, 3.8) is 0 Å². The molecule has 19 heavy (non-hydrogen) atoms. The maximum atomic E-state index is 12.4. The number of benzene rings is 1. The van der Waals surface area contributed by atoms with Crippen LogP contribution in [0.1, 0.15) is 29.6 Å². The van der Waals surface area contributed by atoms with Gasteiger partial charge in [-0.2, -0.15) is 0 Å². The Kier molecular flexibility index (Phi) is 4.09. The number of carbonyl (C=O) groups is 2. The van der Waals surface area contributed by atoms with Gasteiger partial charge in [-0.05, 0) is 37.5 Å². The Bertz CT molecular complexity index is 519. The molecule has 1 aliphatic heterocycles. The fraction of sp³-hybridized carbons (Fsp3) is 0.385. The highest BCUT2D eigenvalue weighted by Gasteiger charge is 2.33. The van der Waals surface area contributed by atoms with Gasteiger partial charge in [-0.3, -0.25) is 4.79 Å². The van der Waals surface area contributed by atoms with E-state index in [2.05, 4.69) is 15.9 Å². The van der Waals surface area contributed by atoms with E-state index in [-0.39, 0.29) is 5.91 Å². The number of anilines is 1. The second-order valence-corrected chi connectivity index (χ2v) is 5.50. The number of nitrogen functional groups attached to an aromatic ring is 1. The molecule has 1 aliphatic rings. The summed E-state index contributed by atoms with van der Waals surface area (Å²) in [4.78, 5) is 25.0. The number of amides is 1. The Balaban J connectivity index is 2.28. The molecule has 1 atom stereocenters. The van der Waals surface area contributed by atoms with E-state index in [4.69, 9.17) is 5.73 Å². The van der Waals surface area contributed by atoms with E-state index in [0.717, 1.165) is 17.3 Å². The van der Waals surface area contributed by atoms with Gasteiger partial charge in [0.1, 0.15) is 6.04 Å². The summed E-state index contributed by atoms with van der Waals surface area (Å²) in [5.41, 5.74) is 6.54. The monoisotopic (exact) mass is 326 g/mol. The number of rotatable bonds is 2. The summed E-state index contributed by atoms with van der Waals surface area (Å²) in [5, 5.41) is 9.19. The third-order valence-electron chi connectivity index (χ3n) is 3.29. The SMILES string of the molecule is Nc1cc(Br)ccc1C(=O)N1CCCCC1C(=O)O. The van der Waals surface area contributed by atoms with Gasteiger partial charge in [-0.25, -0.2) is 4.79 Å². The Labute approximate surface area is 119 Å². The summed E-state index contributed by atoms with van der Waals surface area (Å²) < 4.78 is 0.787. The van der Waals surface area contributed by atoms with Crippen molar-refractivity contribution in [1.82, 2.24) is 4.90 Å². The molecule has 2 rings (SSSR count). The van der Waals surface area contributed by atoms with E-state index in [1.165, 1.54) is 4.90 Å². The van der Waals surface area contributed by atoms with Crippen LogP contribution in [0.15, 0.2) is 22.7 Å². The number of nitrogens with zero attached hydrogens (tertiary/aromatic N) is 1. The van der Waals surface area contributed by atoms with Crippen LogP contribution < -0.4 is 5.73 Å². The van der Waals surface area contributed by atoms with Gasteiger partial charge in [0.05, 0.1) is 5.56 Å².